The number of hydrogen-bond donors (Lipinski definition) is 1. The maximum atomic E-state index is 12.8. The molecular weight excluding hydrogens is 420 g/mol. The van der Waals surface area contributed by atoms with Gasteiger partial charge in [-0.15, -0.1) is 11.3 Å². The fraction of sp³-hybridized carbons (Fsp3) is 0.130. The molecule has 0 spiro atoms. The summed E-state index contributed by atoms with van der Waals surface area (Å²) in [6.45, 7) is 2.43. The molecule has 7 heteroatoms. The molecule has 0 unspecified atom stereocenters. The molecule has 0 aliphatic carbocycles. The van der Waals surface area contributed by atoms with Crippen molar-refractivity contribution in [3.63, 3.8) is 0 Å². The second-order valence-corrected chi connectivity index (χ2v) is 7.71. The third kappa shape index (κ3) is 3.97. The van der Waals surface area contributed by atoms with Crippen LogP contribution >= 0.6 is 22.9 Å². The maximum absolute atomic E-state index is 12.8. The van der Waals surface area contributed by atoms with E-state index in [2.05, 4.69) is 9.97 Å². The van der Waals surface area contributed by atoms with E-state index in [-0.39, 0.29) is 5.56 Å². The van der Waals surface area contributed by atoms with E-state index in [9.17, 15) is 4.79 Å². The Hall–Kier alpha value is -3.09. The van der Waals surface area contributed by atoms with Crippen LogP contribution in [0.4, 0.5) is 0 Å². The van der Waals surface area contributed by atoms with Crippen LogP contribution < -0.4 is 15.0 Å². The first-order valence-electron chi connectivity index (χ1n) is 9.36. The van der Waals surface area contributed by atoms with Gasteiger partial charge in [0.1, 0.15) is 4.83 Å². The van der Waals surface area contributed by atoms with Crippen molar-refractivity contribution in [2.75, 3.05) is 13.7 Å². The van der Waals surface area contributed by atoms with Crippen molar-refractivity contribution in [1.82, 2.24) is 9.97 Å². The molecule has 0 bridgehead atoms. The monoisotopic (exact) mass is 438 g/mol. The molecule has 2 heterocycles. The molecule has 0 atom stereocenters. The van der Waals surface area contributed by atoms with Gasteiger partial charge >= 0.3 is 0 Å². The lowest BCUT2D eigenvalue weighted by molar-refractivity contribution is 0.311. The van der Waals surface area contributed by atoms with Crippen molar-refractivity contribution >= 4 is 44.3 Å². The van der Waals surface area contributed by atoms with Crippen molar-refractivity contribution in [3.05, 3.63) is 75.7 Å². The summed E-state index contributed by atoms with van der Waals surface area (Å²) in [6, 6.07) is 15.3. The van der Waals surface area contributed by atoms with Gasteiger partial charge in [-0.1, -0.05) is 48.0 Å². The van der Waals surface area contributed by atoms with Crippen LogP contribution in [-0.4, -0.2) is 23.7 Å². The lowest BCUT2D eigenvalue weighted by Gasteiger charge is -2.10. The number of methoxy groups -OCH3 is 1. The van der Waals surface area contributed by atoms with Gasteiger partial charge in [-0.2, -0.15) is 0 Å². The Morgan fingerprint density at radius 3 is 2.73 bits per heavy atom. The molecule has 2 aromatic heterocycles. The maximum Gasteiger partial charge on any atom is 0.260 e. The van der Waals surface area contributed by atoms with Gasteiger partial charge in [0.05, 0.1) is 24.1 Å². The van der Waals surface area contributed by atoms with Crippen LogP contribution in [0.3, 0.4) is 0 Å². The number of rotatable bonds is 6. The second-order valence-electron chi connectivity index (χ2n) is 6.45. The number of H-pyrrole nitrogens is 1. The molecule has 0 amide bonds. The van der Waals surface area contributed by atoms with E-state index in [1.54, 1.807) is 13.2 Å². The van der Waals surface area contributed by atoms with Gasteiger partial charge in [-0.05, 0) is 36.3 Å². The quantitative estimate of drug-likeness (QED) is 0.413. The molecule has 0 aliphatic heterocycles. The first-order chi connectivity index (χ1) is 14.6. The molecule has 152 valence electrons. The number of aromatic nitrogens is 2. The minimum absolute atomic E-state index is 0.216. The number of aromatic amines is 1. The largest absolute Gasteiger partial charge is 0.493 e. The zero-order chi connectivity index (χ0) is 21.1. The summed E-state index contributed by atoms with van der Waals surface area (Å²) in [5, 5.41) is 2.85. The Labute approximate surface area is 182 Å². The molecule has 30 heavy (non-hydrogen) atoms. The first-order valence-corrected chi connectivity index (χ1v) is 10.6. The van der Waals surface area contributed by atoms with Gasteiger partial charge in [0, 0.05) is 10.9 Å². The van der Waals surface area contributed by atoms with E-state index < -0.39 is 0 Å². The molecule has 5 nitrogen and oxygen atoms in total. The number of nitrogens with one attached hydrogen (secondary N) is 1. The van der Waals surface area contributed by atoms with Crippen molar-refractivity contribution in [2.45, 2.75) is 6.92 Å². The van der Waals surface area contributed by atoms with Crippen LogP contribution in [0.15, 0.2) is 58.7 Å². The number of halogens is 1. The summed E-state index contributed by atoms with van der Waals surface area (Å²) in [7, 11) is 1.59. The van der Waals surface area contributed by atoms with Gasteiger partial charge in [-0.3, -0.25) is 4.79 Å². The smallest absolute Gasteiger partial charge is 0.260 e. The minimum Gasteiger partial charge on any atom is -0.493 e. The van der Waals surface area contributed by atoms with Crippen LogP contribution in [0.2, 0.25) is 0 Å². The summed E-state index contributed by atoms with van der Waals surface area (Å²) >= 11 is 7.92. The third-order valence-corrected chi connectivity index (χ3v) is 5.70. The number of thiophene rings is 1. The Kier molecular flexibility index (Phi) is 5.88. The van der Waals surface area contributed by atoms with Crippen LogP contribution in [0.1, 0.15) is 18.3 Å². The highest BCUT2D eigenvalue weighted by molar-refractivity contribution is 7.17. The Balaban J connectivity index is 1.73. The minimum atomic E-state index is -0.216. The summed E-state index contributed by atoms with van der Waals surface area (Å²) in [5.41, 5.74) is 2.44. The van der Waals surface area contributed by atoms with E-state index in [0.717, 1.165) is 16.7 Å². The van der Waals surface area contributed by atoms with Crippen molar-refractivity contribution < 1.29 is 9.47 Å². The molecule has 0 saturated carbocycles. The molecule has 4 aromatic rings. The van der Waals surface area contributed by atoms with Crippen LogP contribution in [0, 0.1) is 0 Å². The highest BCUT2D eigenvalue weighted by atomic mass is 35.5. The van der Waals surface area contributed by atoms with Gasteiger partial charge < -0.3 is 14.5 Å². The van der Waals surface area contributed by atoms with E-state index in [0.29, 0.717) is 39.2 Å². The summed E-state index contributed by atoms with van der Waals surface area (Å²) in [6.07, 6.45) is 1.74. The second kappa shape index (κ2) is 8.73. The topological polar surface area (TPSA) is 64.2 Å². The molecule has 0 saturated heterocycles. The molecule has 4 rings (SSSR count). The summed E-state index contributed by atoms with van der Waals surface area (Å²) < 4.78 is 10.9. The predicted octanol–water partition coefficient (Wildman–Crippen LogP) is 5.80. The van der Waals surface area contributed by atoms with Crippen molar-refractivity contribution in [3.8, 4) is 22.6 Å². The molecule has 0 aliphatic rings. The van der Waals surface area contributed by atoms with E-state index in [4.69, 9.17) is 21.1 Å². The predicted molar refractivity (Wildman–Crippen MR) is 124 cm³/mol. The van der Waals surface area contributed by atoms with E-state index >= 15 is 0 Å². The van der Waals surface area contributed by atoms with Gasteiger partial charge in [0.2, 0.25) is 0 Å². The SMILES string of the molecule is CCOc1cc(/C=C(\Cl)c2nc3scc(-c4ccccc4)c3c(=O)[nH]2)ccc1OC. The van der Waals surface area contributed by atoms with E-state index in [1.165, 1.54) is 11.3 Å². The Morgan fingerprint density at radius 2 is 2.00 bits per heavy atom. The molecule has 1 N–H and O–H groups in total. The van der Waals surface area contributed by atoms with Gasteiger partial charge in [0.15, 0.2) is 17.3 Å². The number of ether oxygens (including phenoxy) is 2. The number of nitrogens with zero attached hydrogens (tertiary/aromatic N) is 1. The summed E-state index contributed by atoms with van der Waals surface area (Å²) in [4.78, 5) is 20.9. The fourth-order valence-electron chi connectivity index (χ4n) is 3.16. The Bertz CT molecular complexity index is 1280. The zero-order valence-corrected chi connectivity index (χ0v) is 18.0. The van der Waals surface area contributed by atoms with E-state index in [1.807, 2.05) is 60.8 Å². The molecular formula is C23H19ClN2O3S. The first kappa shape index (κ1) is 20.2. The fourth-order valence-corrected chi connectivity index (χ4v) is 4.32. The molecule has 0 fully saturated rings. The van der Waals surface area contributed by atoms with Gasteiger partial charge in [-0.25, -0.2) is 4.98 Å². The lowest BCUT2D eigenvalue weighted by atomic mass is 10.1. The van der Waals surface area contributed by atoms with Gasteiger partial charge in [0.25, 0.3) is 5.56 Å². The van der Waals surface area contributed by atoms with Crippen LogP contribution in [0.5, 0.6) is 11.5 Å². The normalized spacial score (nSPS) is 11.6. The van der Waals surface area contributed by atoms with Crippen LogP contribution in [0.25, 0.3) is 32.5 Å². The highest BCUT2D eigenvalue weighted by Crippen LogP contribution is 2.33. The number of benzene rings is 2. The van der Waals surface area contributed by atoms with Crippen molar-refractivity contribution in [2.24, 2.45) is 0 Å². The Morgan fingerprint density at radius 1 is 1.20 bits per heavy atom. The number of hydrogen-bond acceptors (Lipinski definition) is 5. The zero-order valence-electron chi connectivity index (χ0n) is 16.4. The molecule has 2 aromatic carbocycles. The lowest BCUT2D eigenvalue weighted by Crippen LogP contribution is -2.10. The van der Waals surface area contributed by atoms with Crippen molar-refractivity contribution in [1.29, 1.82) is 0 Å². The average molecular weight is 439 g/mol. The van der Waals surface area contributed by atoms with Crippen LogP contribution in [-0.2, 0) is 0 Å². The third-order valence-electron chi connectivity index (χ3n) is 4.54. The highest BCUT2D eigenvalue weighted by Gasteiger charge is 2.14. The standard InChI is InChI=1S/C23H19ClN2O3S/c1-3-29-19-12-14(9-10-18(19)28-2)11-17(24)21-25-22(27)20-16(13-30-23(20)26-21)15-7-5-4-6-8-15/h4-13H,3H2,1-2H3,(H,25,26,27)/b17-11-. The number of fused-ring (bicyclic) bond motifs is 1. The average Bonchev–Trinajstić information content (AvgIpc) is 3.19. The molecule has 0 radical (unpaired) electrons. The summed E-state index contributed by atoms with van der Waals surface area (Å²) in [5.74, 6) is 1.59.